The third kappa shape index (κ3) is 5.82. The fourth-order valence-corrected chi connectivity index (χ4v) is 3.98. The van der Waals surface area contributed by atoms with Crippen LogP contribution in [0.1, 0.15) is 12.8 Å². The number of halogens is 2. The Bertz CT molecular complexity index is 954. The molecule has 10 heteroatoms. The summed E-state index contributed by atoms with van der Waals surface area (Å²) in [6.07, 6.45) is 0.441. The van der Waals surface area contributed by atoms with Crippen molar-refractivity contribution in [2.24, 2.45) is 0 Å². The molecule has 2 fully saturated rings. The predicted molar refractivity (Wildman–Crippen MR) is 116 cm³/mol. The zero-order valence-electron chi connectivity index (χ0n) is 17.9. The normalized spacial score (nSPS) is 18.9. The Kier molecular flexibility index (Phi) is 7.11. The molecular formula is C23H25F2N3O5. The highest BCUT2D eigenvalue weighted by molar-refractivity contribution is 5.91. The van der Waals surface area contributed by atoms with Crippen LogP contribution in [0.5, 0.6) is 11.5 Å². The number of carbonyl (C=O) groups is 2. The van der Waals surface area contributed by atoms with E-state index in [0.29, 0.717) is 38.2 Å². The van der Waals surface area contributed by atoms with Crippen LogP contribution >= 0.6 is 0 Å². The molecule has 2 aromatic rings. The second-order valence-corrected chi connectivity index (χ2v) is 7.81. The van der Waals surface area contributed by atoms with Crippen molar-refractivity contribution in [1.29, 1.82) is 0 Å². The van der Waals surface area contributed by atoms with Crippen molar-refractivity contribution >= 4 is 17.8 Å². The molecule has 2 aliphatic heterocycles. The fourth-order valence-electron chi connectivity index (χ4n) is 3.98. The standard InChI is InChI=1S/C23H25F2N3O5/c24-21(25)33-20-9-5-4-8-19(20)26-22(29)27-12-10-16(11-13-27)28-14-18(32-23(28)30)15-31-17-6-2-1-3-7-17/h1-9,16,18,21H,10-15H2,(H,26,29). The Morgan fingerprint density at radius 2 is 1.79 bits per heavy atom. The van der Waals surface area contributed by atoms with Gasteiger partial charge in [-0.25, -0.2) is 9.59 Å². The summed E-state index contributed by atoms with van der Waals surface area (Å²) in [5, 5.41) is 2.63. The topological polar surface area (TPSA) is 80.3 Å². The molecule has 3 amide bonds. The molecule has 0 bridgehead atoms. The molecule has 33 heavy (non-hydrogen) atoms. The van der Waals surface area contributed by atoms with Crippen LogP contribution in [0.2, 0.25) is 0 Å². The first-order valence-corrected chi connectivity index (χ1v) is 10.7. The number of rotatable bonds is 7. The Morgan fingerprint density at radius 1 is 1.09 bits per heavy atom. The van der Waals surface area contributed by atoms with Crippen molar-refractivity contribution in [1.82, 2.24) is 9.80 Å². The van der Waals surface area contributed by atoms with Crippen molar-refractivity contribution in [3.63, 3.8) is 0 Å². The number of hydrogen-bond donors (Lipinski definition) is 1. The van der Waals surface area contributed by atoms with Gasteiger partial charge in [-0.2, -0.15) is 8.78 Å². The third-order valence-corrected chi connectivity index (χ3v) is 5.62. The minimum atomic E-state index is -2.99. The van der Waals surface area contributed by atoms with Crippen LogP contribution in [0.3, 0.4) is 0 Å². The van der Waals surface area contributed by atoms with Crippen LogP contribution in [-0.2, 0) is 4.74 Å². The lowest BCUT2D eigenvalue weighted by Crippen LogP contribution is -2.48. The number of likely N-dealkylation sites (tertiary alicyclic amines) is 1. The van der Waals surface area contributed by atoms with Gasteiger partial charge < -0.3 is 29.3 Å². The number of alkyl halides is 2. The number of cyclic esters (lactones) is 1. The molecule has 2 saturated heterocycles. The van der Waals surface area contributed by atoms with Crippen LogP contribution in [0.15, 0.2) is 54.6 Å². The first kappa shape index (κ1) is 22.6. The lowest BCUT2D eigenvalue weighted by molar-refractivity contribution is -0.0493. The lowest BCUT2D eigenvalue weighted by Gasteiger charge is -2.35. The highest BCUT2D eigenvalue weighted by Crippen LogP contribution is 2.27. The van der Waals surface area contributed by atoms with Gasteiger partial charge in [0.1, 0.15) is 18.1 Å². The SMILES string of the molecule is O=C(Nc1ccccc1OC(F)F)N1CCC(N2CC(COc3ccccc3)OC2=O)CC1. The van der Waals surface area contributed by atoms with E-state index in [2.05, 4.69) is 10.1 Å². The van der Waals surface area contributed by atoms with Crippen LogP contribution in [0.25, 0.3) is 0 Å². The van der Waals surface area contributed by atoms with Crippen molar-refractivity contribution < 1.29 is 32.6 Å². The zero-order chi connectivity index (χ0) is 23.2. The molecule has 0 radical (unpaired) electrons. The summed E-state index contributed by atoms with van der Waals surface area (Å²) < 4.78 is 40.7. The van der Waals surface area contributed by atoms with Gasteiger partial charge in [0.25, 0.3) is 0 Å². The molecule has 0 spiro atoms. The number of benzene rings is 2. The Morgan fingerprint density at radius 3 is 2.52 bits per heavy atom. The molecule has 2 aromatic carbocycles. The number of ether oxygens (including phenoxy) is 3. The van der Waals surface area contributed by atoms with Gasteiger partial charge in [0.15, 0.2) is 6.10 Å². The maximum atomic E-state index is 12.6. The average Bonchev–Trinajstić information content (AvgIpc) is 3.20. The molecule has 1 atom stereocenters. The molecule has 0 aromatic heterocycles. The van der Waals surface area contributed by atoms with E-state index in [1.165, 1.54) is 12.1 Å². The number of para-hydroxylation sites is 3. The number of anilines is 1. The zero-order valence-corrected chi connectivity index (χ0v) is 17.9. The molecule has 2 heterocycles. The van der Waals surface area contributed by atoms with Gasteiger partial charge in [0.05, 0.1) is 12.2 Å². The quantitative estimate of drug-likeness (QED) is 0.669. The average molecular weight is 461 g/mol. The van der Waals surface area contributed by atoms with E-state index in [1.807, 2.05) is 30.3 Å². The van der Waals surface area contributed by atoms with E-state index in [9.17, 15) is 18.4 Å². The summed E-state index contributed by atoms with van der Waals surface area (Å²) in [7, 11) is 0. The summed E-state index contributed by atoms with van der Waals surface area (Å²) in [6, 6.07) is 14.9. The van der Waals surface area contributed by atoms with Gasteiger partial charge in [-0.15, -0.1) is 0 Å². The van der Waals surface area contributed by atoms with E-state index in [1.54, 1.807) is 21.9 Å². The molecule has 1 unspecified atom stereocenters. The molecule has 0 saturated carbocycles. The summed E-state index contributed by atoms with van der Waals surface area (Å²) >= 11 is 0. The predicted octanol–water partition coefficient (Wildman–Crippen LogP) is 4.18. The molecule has 0 aliphatic carbocycles. The summed E-state index contributed by atoms with van der Waals surface area (Å²) in [6.45, 7) is -1.44. The van der Waals surface area contributed by atoms with Gasteiger partial charge in [-0.05, 0) is 37.1 Å². The second kappa shape index (κ2) is 10.4. The number of hydrogen-bond acceptors (Lipinski definition) is 5. The maximum absolute atomic E-state index is 12.6. The van der Waals surface area contributed by atoms with Crippen LogP contribution in [0, 0.1) is 0 Å². The van der Waals surface area contributed by atoms with Crippen LogP contribution in [-0.4, -0.2) is 66.9 Å². The number of urea groups is 1. The number of piperidine rings is 1. The minimum absolute atomic E-state index is 0.0438. The van der Waals surface area contributed by atoms with E-state index in [-0.39, 0.29) is 36.3 Å². The summed E-state index contributed by atoms with van der Waals surface area (Å²) in [4.78, 5) is 28.3. The minimum Gasteiger partial charge on any atom is -0.490 e. The highest BCUT2D eigenvalue weighted by atomic mass is 19.3. The summed E-state index contributed by atoms with van der Waals surface area (Å²) in [5.74, 6) is 0.617. The smallest absolute Gasteiger partial charge is 0.410 e. The summed E-state index contributed by atoms with van der Waals surface area (Å²) in [5.41, 5.74) is 0.175. The number of carbonyl (C=O) groups excluding carboxylic acids is 2. The van der Waals surface area contributed by atoms with Gasteiger partial charge in [-0.3, -0.25) is 0 Å². The first-order valence-electron chi connectivity index (χ1n) is 10.7. The Hall–Kier alpha value is -3.56. The van der Waals surface area contributed by atoms with Crippen LogP contribution < -0.4 is 14.8 Å². The van der Waals surface area contributed by atoms with Gasteiger partial charge in [-0.1, -0.05) is 30.3 Å². The molecule has 4 rings (SSSR count). The number of nitrogens with one attached hydrogen (secondary N) is 1. The van der Waals surface area contributed by atoms with Gasteiger partial charge >= 0.3 is 18.7 Å². The van der Waals surface area contributed by atoms with Crippen molar-refractivity contribution in [2.75, 3.05) is 31.6 Å². The largest absolute Gasteiger partial charge is 0.490 e. The Balaban J connectivity index is 1.26. The van der Waals surface area contributed by atoms with Gasteiger partial charge in [0.2, 0.25) is 0 Å². The van der Waals surface area contributed by atoms with E-state index >= 15 is 0 Å². The Labute approximate surface area is 190 Å². The van der Waals surface area contributed by atoms with Crippen molar-refractivity contribution in [3.8, 4) is 11.5 Å². The van der Waals surface area contributed by atoms with E-state index in [4.69, 9.17) is 9.47 Å². The lowest BCUT2D eigenvalue weighted by atomic mass is 10.0. The van der Waals surface area contributed by atoms with Crippen molar-refractivity contribution in [2.45, 2.75) is 31.6 Å². The van der Waals surface area contributed by atoms with Gasteiger partial charge in [0, 0.05) is 19.1 Å². The monoisotopic (exact) mass is 461 g/mol. The van der Waals surface area contributed by atoms with E-state index < -0.39 is 12.6 Å². The maximum Gasteiger partial charge on any atom is 0.410 e. The number of nitrogens with zero attached hydrogens (tertiary/aromatic N) is 2. The highest BCUT2D eigenvalue weighted by Gasteiger charge is 2.38. The first-order chi connectivity index (χ1) is 16.0. The number of amides is 3. The van der Waals surface area contributed by atoms with Crippen LogP contribution in [0.4, 0.5) is 24.1 Å². The third-order valence-electron chi connectivity index (χ3n) is 5.62. The molecule has 8 nitrogen and oxygen atoms in total. The molecular weight excluding hydrogens is 436 g/mol. The van der Waals surface area contributed by atoms with E-state index in [0.717, 1.165) is 0 Å². The van der Waals surface area contributed by atoms with Crippen molar-refractivity contribution in [3.05, 3.63) is 54.6 Å². The molecule has 1 N–H and O–H groups in total. The fraction of sp³-hybridized carbons (Fsp3) is 0.391. The second-order valence-electron chi connectivity index (χ2n) is 7.81. The molecule has 2 aliphatic rings. The molecule has 176 valence electrons.